The molecule has 1 aliphatic carbocycles. The number of nitrogens with zero attached hydrogens (tertiary/aromatic N) is 3. The van der Waals surface area contributed by atoms with Crippen LogP contribution in [0, 0.1) is 36.5 Å². The number of allylic oxidation sites excluding steroid dienone is 5. The number of fused-ring (bicyclic) bond motifs is 13. The van der Waals surface area contributed by atoms with Gasteiger partial charge in [0.1, 0.15) is 35.4 Å². The SMILES string of the molecule is CC[C@H]1/C=C/O[C@@]2(C)Oc3c(C)c(O)c4c(c3C2=O)C2=NC3(CCN(CC(C)I)CC3)NC2=C(NC(=O)/C(C)=C\C=C\[C@H](C)[C@H](O)[C@@H](C)[C@@H](O)[C@@H](C)[C@H](OC(=O)CC(=O)NCCCN2CCOCC2)[C@@H]1C)C4=O. The van der Waals surface area contributed by atoms with Crippen molar-refractivity contribution in [1.29, 1.82) is 0 Å². The summed E-state index contributed by atoms with van der Waals surface area (Å²) < 4.78 is 24.6. The van der Waals surface area contributed by atoms with E-state index in [2.05, 4.69) is 55.3 Å². The van der Waals surface area contributed by atoms with Gasteiger partial charge in [-0.2, -0.15) is 0 Å². The number of likely N-dealkylation sites (tertiary alicyclic amines) is 1. The molecule has 5 bridgehead atoms. The number of carbonyl (C=O) groups excluding carboxylic acids is 5. The third-order valence-electron chi connectivity index (χ3n) is 15.6. The summed E-state index contributed by atoms with van der Waals surface area (Å²) in [5, 5.41) is 44.7. The lowest BCUT2D eigenvalue weighted by atomic mass is 9.76. The van der Waals surface area contributed by atoms with Crippen LogP contribution in [0.5, 0.6) is 11.5 Å². The Balaban J connectivity index is 1.23. The summed E-state index contributed by atoms with van der Waals surface area (Å²) in [6, 6.07) is 0. The number of ether oxygens (including phenoxy) is 4. The fourth-order valence-electron chi connectivity index (χ4n) is 11.0. The number of aliphatic hydroxyl groups excluding tert-OH is 2. The van der Waals surface area contributed by atoms with Crippen molar-refractivity contribution < 1.29 is 58.2 Å². The van der Waals surface area contributed by atoms with Crippen LogP contribution in [0.4, 0.5) is 0 Å². The molecule has 1 aromatic carbocycles. The summed E-state index contributed by atoms with van der Waals surface area (Å²) in [7, 11) is 0. The second-order valence-corrected chi connectivity index (χ2v) is 23.1. The highest BCUT2D eigenvalue weighted by molar-refractivity contribution is 14.1. The molecule has 6 N–H and O–H groups in total. The standard InChI is InChI=1S/C54H75IN6O12/c1-10-36-15-24-71-53(9)51(68)41-39-40(47(66)35(8)50(41)73-53)48(67)44(43-42(39)58-54(59-43)16-20-61(21-17-54)28-31(4)55)57-52(69)30(3)14-11-13-29(2)45(64)33(6)46(65)34(7)49(32(36)5)72-38(63)27-37(62)56-18-12-19-60-22-25-70-26-23-60/h11,13-15,24,29,31-34,36,45-46,49,59,64-66H,10,12,16-23,25-28H2,1-9H3,(H,56,62)(H,57,69)/b13-11+,24-15+,30-14-/t29-,31?,32+,33+,34+,36-,45-,46+,49+,53-/m0/s1. The third-order valence-corrected chi connectivity index (χ3v) is 16.0. The number of piperidine rings is 1. The number of ketones is 2. The summed E-state index contributed by atoms with van der Waals surface area (Å²) in [5.74, 6) is -8.45. The quantitative estimate of drug-likeness (QED) is 0.0595. The Morgan fingerprint density at radius 1 is 0.959 bits per heavy atom. The normalized spacial score (nSPS) is 32.0. The summed E-state index contributed by atoms with van der Waals surface area (Å²) >= 11 is 2.40. The van der Waals surface area contributed by atoms with Gasteiger partial charge in [0.05, 0.1) is 54.2 Å². The molecule has 400 valence electrons. The number of aromatic hydroxyl groups is 1. The molecule has 6 aliphatic heterocycles. The van der Waals surface area contributed by atoms with E-state index < -0.39 is 95.0 Å². The number of Topliss-reactive ketones (excluding diaryl/α,β-unsaturated/α-hetero) is 2. The first-order valence-corrected chi connectivity index (χ1v) is 27.2. The van der Waals surface area contributed by atoms with E-state index in [0.717, 1.165) is 26.2 Å². The predicted octanol–water partition coefficient (Wildman–Crippen LogP) is 5.00. The second kappa shape index (κ2) is 23.5. The molecule has 2 amide bonds. The number of hydrogen-bond donors (Lipinski definition) is 6. The van der Waals surface area contributed by atoms with E-state index >= 15 is 0 Å². The topological polar surface area (TPSA) is 238 Å². The van der Waals surface area contributed by atoms with Crippen LogP contribution in [0.25, 0.3) is 0 Å². The fourth-order valence-corrected chi connectivity index (χ4v) is 11.5. The molecule has 0 aromatic heterocycles. The smallest absolute Gasteiger partial charge is 0.315 e. The molecule has 1 aromatic rings. The van der Waals surface area contributed by atoms with E-state index in [-0.39, 0.29) is 56.6 Å². The molecule has 7 aliphatic rings. The highest BCUT2D eigenvalue weighted by Gasteiger charge is 2.54. The number of aliphatic hydroxyl groups is 2. The maximum absolute atomic E-state index is 14.9. The van der Waals surface area contributed by atoms with Crippen LogP contribution in [-0.4, -0.2) is 153 Å². The van der Waals surface area contributed by atoms with Gasteiger partial charge < -0.3 is 55.1 Å². The fraction of sp³-hybridized carbons (Fsp3) is 0.630. The van der Waals surface area contributed by atoms with Gasteiger partial charge in [-0.1, -0.05) is 82.4 Å². The monoisotopic (exact) mass is 1130 g/mol. The molecule has 0 saturated carbocycles. The molecule has 73 heavy (non-hydrogen) atoms. The van der Waals surface area contributed by atoms with Crippen molar-refractivity contribution in [3.63, 3.8) is 0 Å². The molecular weight excluding hydrogens is 1050 g/mol. The van der Waals surface area contributed by atoms with Gasteiger partial charge in [0.15, 0.2) is 0 Å². The molecule has 18 nitrogen and oxygen atoms in total. The predicted molar refractivity (Wildman–Crippen MR) is 282 cm³/mol. The zero-order valence-corrected chi connectivity index (χ0v) is 45.9. The number of nitrogens with one attached hydrogen (secondary N) is 3. The Labute approximate surface area is 442 Å². The zero-order valence-electron chi connectivity index (χ0n) is 43.7. The van der Waals surface area contributed by atoms with E-state index in [1.807, 2.05) is 13.8 Å². The van der Waals surface area contributed by atoms with Crippen molar-refractivity contribution in [2.24, 2.45) is 34.6 Å². The van der Waals surface area contributed by atoms with Gasteiger partial charge in [-0.3, -0.25) is 33.9 Å². The van der Waals surface area contributed by atoms with Crippen LogP contribution in [0.1, 0.15) is 119 Å². The zero-order chi connectivity index (χ0) is 53.1. The van der Waals surface area contributed by atoms with Crippen molar-refractivity contribution in [1.82, 2.24) is 25.8 Å². The van der Waals surface area contributed by atoms with Crippen molar-refractivity contribution >= 4 is 57.7 Å². The van der Waals surface area contributed by atoms with Crippen LogP contribution in [0.3, 0.4) is 0 Å². The highest BCUT2D eigenvalue weighted by Crippen LogP contribution is 2.50. The average molecular weight is 1130 g/mol. The second-order valence-electron chi connectivity index (χ2n) is 21.0. The Bertz CT molecular complexity index is 2460. The molecule has 0 radical (unpaired) electrons. The maximum atomic E-state index is 14.9. The molecule has 2 fully saturated rings. The summed E-state index contributed by atoms with van der Waals surface area (Å²) in [6.07, 6.45) is 6.53. The number of alkyl halides is 1. The molecule has 1 unspecified atom stereocenters. The Kier molecular flexibility index (Phi) is 18.0. The average Bonchev–Trinajstić information content (AvgIpc) is 3.86. The molecule has 1 spiro atoms. The van der Waals surface area contributed by atoms with E-state index in [4.69, 9.17) is 23.9 Å². The highest BCUT2D eigenvalue weighted by atomic mass is 127. The number of phenolic OH excluding ortho intramolecular Hbond substituents is 1. The minimum absolute atomic E-state index is 0.0173. The van der Waals surface area contributed by atoms with Gasteiger partial charge in [-0.15, -0.1) is 0 Å². The Hall–Kier alpha value is -4.67. The van der Waals surface area contributed by atoms with Gasteiger partial charge in [-0.05, 0) is 51.1 Å². The molecule has 2 saturated heterocycles. The number of benzene rings is 1. The lowest BCUT2D eigenvalue weighted by Gasteiger charge is -2.38. The number of esters is 1. The number of phenols is 1. The molecule has 10 atom stereocenters. The minimum Gasteiger partial charge on any atom is -0.507 e. The molecule has 19 heteroatoms. The van der Waals surface area contributed by atoms with E-state index in [0.29, 0.717) is 62.5 Å². The molecule has 6 heterocycles. The first-order valence-electron chi connectivity index (χ1n) is 25.9. The summed E-state index contributed by atoms with van der Waals surface area (Å²) in [4.78, 5) is 80.4. The molecule has 8 rings (SSSR count). The third kappa shape index (κ3) is 12.1. The van der Waals surface area contributed by atoms with E-state index in [1.165, 1.54) is 13.2 Å². The number of halogens is 1. The van der Waals surface area contributed by atoms with Crippen molar-refractivity contribution in [2.45, 2.75) is 128 Å². The van der Waals surface area contributed by atoms with E-state index in [1.54, 1.807) is 58.9 Å². The van der Waals surface area contributed by atoms with Crippen LogP contribution in [0.2, 0.25) is 0 Å². The maximum Gasteiger partial charge on any atom is 0.315 e. The summed E-state index contributed by atoms with van der Waals surface area (Å²) in [6.45, 7) is 22.2. The lowest BCUT2D eigenvalue weighted by Crippen LogP contribution is -2.51. The number of rotatable bonds is 10. The number of carbonyl (C=O) groups is 5. The van der Waals surface area contributed by atoms with Crippen molar-refractivity contribution in [3.8, 4) is 11.5 Å². The first-order chi connectivity index (χ1) is 34.6. The van der Waals surface area contributed by atoms with Gasteiger partial charge in [0, 0.05) is 97.4 Å². The van der Waals surface area contributed by atoms with Gasteiger partial charge in [-0.25, -0.2) is 0 Å². The number of hydrogen-bond acceptors (Lipinski definition) is 16. The van der Waals surface area contributed by atoms with E-state index in [9.17, 15) is 39.3 Å². The number of aliphatic imine (C=N–C) groups is 1. The largest absolute Gasteiger partial charge is 0.507 e. The van der Waals surface area contributed by atoms with Crippen LogP contribution >= 0.6 is 22.6 Å². The van der Waals surface area contributed by atoms with Gasteiger partial charge >= 0.3 is 11.8 Å². The Morgan fingerprint density at radius 3 is 2.33 bits per heavy atom. The van der Waals surface area contributed by atoms with Crippen molar-refractivity contribution in [2.75, 3.05) is 59.0 Å². The van der Waals surface area contributed by atoms with Crippen LogP contribution in [0.15, 0.2) is 52.5 Å². The lowest BCUT2D eigenvalue weighted by molar-refractivity contribution is -0.162. The first kappa shape index (κ1) is 56.1. The minimum atomic E-state index is -1.98. The van der Waals surface area contributed by atoms with Gasteiger partial charge in [0.2, 0.25) is 11.7 Å². The Morgan fingerprint density at radius 2 is 1.66 bits per heavy atom. The van der Waals surface area contributed by atoms with Gasteiger partial charge in [0.25, 0.3) is 11.7 Å². The number of amides is 2. The summed E-state index contributed by atoms with van der Waals surface area (Å²) in [5.41, 5.74) is -0.247. The van der Waals surface area contributed by atoms with Crippen molar-refractivity contribution in [3.05, 3.63) is 69.8 Å². The van der Waals surface area contributed by atoms with Crippen LogP contribution in [-0.2, 0) is 28.6 Å². The molecular formula is C54H75IN6O12. The number of morpholine rings is 1. The van der Waals surface area contributed by atoms with Crippen LogP contribution < -0.4 is 20.7 Å².